The third-order valence-corrected chi connectivity index (χ3v) is 3.15. The molecule has 1 aromatic carbocycles. The summed E-state index contributed by atoms with van der Waals surface area (Å²) in [6, 6.07) is 14.5. The highest BCUT2D eigenvalue weighted by molar-refractivity contribution is 5.94. The zero-order chi connectivity index (χ0) is 16.5. The summed E-state index contributed by atoms with van der Waals surface area (Å²) >= 11 is 0. The summed E-state index contributed by atoms with van der Waals surface area (Å²) in [4.78, 5) is 27.8. The standard InChI is InChI=1S/C17H19N3O3/c1-2-15(23-12-13-8-4-3-5-9-13)17(22)20-19-16(21)14-10-6-7-11-18-14/h3-11,15H,2,12H2,1H3,(H,19,21)(H,20,22). The van der Waals surface area contributed by atoms with Gasteiger partial charge in [-0.3, -0.25) is 25.4 Å². The summed E-state index contributed by atoms with van der Waals surface area (Å²) in [7, 11) is 0. The van der Waals surface area contributed by atoms with Gasteiger partial charge >= 0.3 is 0 Å². The molecule has 2 amide bonds. The van der Waals surface area contributed by atoms with Gasteiger partial charge in [0.05, 0.1) is 6.61 Å². The summed E-state index contributed by atoms with van der Waals surface area (Å²) in [5.74, 6) is -0.871. The Morgan fingerprint density at radius 2 is 1.83 bits per heavy atom. The number of amides is 2. The molecule has 0 saturated carbocycles. The number of nitrogens with one attached hydrogen (secondary N) is 2. The fourth-order valence-corrected chi connectivity index (χ4v) is 1.91. The highest BCUT2D eigenvalue weighted by Gasteiger charge is 2.18. The first-order chi connectivity index (χ1) is 11.2. The van der Waals surface area contributed by atoms with Crippen LogP contribution in [0, 0.1) is 0 Å². The largest absolute Gasteiger partial charge is 0.364 e. The number of hydrazine groups is 1. The zero-order valence-corrected chi connectivity index (χ0v) is 12.9. The van der Waals surface area contributed by atoms with Crippen molar-refractivity contribution in [2.45, 2.75) is 26.1 Å². The van der Waals surface area contributed by atoms with Crippen molar-refractivity contribution in [3.63, 3.8) is 0 Å². The molecule has 2 rings (SSSR count). The predicted molar refractivity (Wildman–Crippen MR) is 85.2 cm³/mol. The van der Waals surface area contributed by atoms with Gasteiger partial charge in [0, 0.05) is 6.20 Å². The van der Waals surface area contributed by atoms with Crippen molar-refractivity contribution >= 4 is 11.8 Å². The quantitative estimate of drug-likeness (QED) is 0.797. The third-order valence-electron chi connectivity index (χ3n) is 3.15. The lowest BCUT2D eigenvalue weighted by atomic mass is 10.2. The summed E-state index contributed by atoms with van der Waals surface area (Å²) < 4.78 is 5.60. The Balaban J connectivity index is 1.81. The first-order valence-corrected chi connectivity index (χ1v) is 7.37. The topological polar surface area (TPSA) is 80.3 Å². The van der Waals surface area contributed by atoms with Crippen LogP contribution in [-0.2, 0) is 16.1 Å². The van der Waals surface area contributed by atoms with Gasteiger partial charge in [0.15, 0.2) is 0 Å². The number of pyridine rings is 1. The molecule has 0 aliphatic carbocycles. The Morgan fingerprint density at radius 1 is 1.09 bits per heavy atom. The molecule has 0 bridgehead atoms. The highest BCUT2D eigenvalue weighted by atomic mass is 16.5. The van der Waals surface area contributed by atoms with E-state index in [1.165, 1.54) is 6.20 Å². The van der Waals surface area contributed by atoms with E-state index in [-0.39, 0.29) is 5.69 Å². The molecular weight excluding hydrogens is 294 g/mol. The number of carbonyl (C=O) groups excluding carboxylic acids is 2. The molecule has 2 aromatic rings. The molecule has 0 spiro atoms. The number of ether oxygens (including phenoxy) is 1. The van der Waals surface area contributed by atoms with Crippen LogP contribution in [0.25, 0.3) is 0 Å². The molecule has 23 heavy (non-hydrogen) atoms. The van der Waals surface area contributed by atoms with Gasteiger partial charge in [-0.15, -0.1) is 0 Å². The molecule has 1 heterocycles. The second kappa shape index (κ2) is 8.65. The van der Waals surface area contributed by atoms with Gasteiger partial charge < -0.3 is 4.74 Å². The van der Waals surface area contributed by atoms with Crippen LogP contribution >= 0.6 is 0 Å². The van der Waals surface area contributed by atoms with Crippen molar-refractivity contribution in [2.75, 3.05) is 0 Å². The predicted octanol–water partition coefficient (Wildman–Crippen LogP) is 1.84. The van der Waals surface area contributed by atoms with Crippen LogP contribution < -0.4 is 10.9 Å². The number of benzene rings is 1. The van der Waals surface area contributed by atoms with Crippen molar-refractivity contribution in [2.24, 2.45) is 0 Å². The minimum absolute atomic E-state index is 0.228. The second-order valence-electron chi connectivity index (χ2n) is 4.85. The maximum Gasteiger partial charge on any atom is 0.288 e. The van der Waals surface area contributed by atoms with Gasteiger partial charge in [-0.2, -0.15) is 0 Å². The lowest BCUT2D eigenvalue weighted by Crippen LogP contribution is -2.47. The summed E-state index contributed by atoms with van der Waals surface area (Å²) in [6.07, 6.45) is 1.37. The van der Waals surface area contributed by atoms with Crippen LogP contribution in [0.5, 0.6) is 0 Å². The first kappa shape index (κ1) is 16.6. The monoisotopic (exact) mass is 313 g/mol. The summed E-state index contributed by atoms with van der Waals surface area (Å²) in [5, 5.41) is 0. The van der Waals surface area contributed by atoms with E-state index in [0.29, 0.717) is 13.0 Å². The van der Waals surface area contributed by atoms with Gasteiger partial charge in [0.1, 0.15) is 11.8 Å². The van der Waals surface area contributed by atoms with Crippen LogP contribution in [0.15, 0.2) is 54.7 Å². The number of aromatic nitrogens is 1. The minimum Gasteiger partial charge on any atom is -0.364 e. The molecule has 0 aliphatic rings. The molecule has 0 aliphatic heterocycles. The normalized spacial score (nSPS) is 11.5. The Kier molecular flexibility index (Phi) is 6.26. The molecule has 1 atom stereocenters. The van der Waals surface area contributed by atoms with E-state index in [4.69, 9.17) is 4.74 Å². The summed E-state index contributed by atoms with van der Waals surface area (Å²) in [6.45, 7) is 2.18. The van der Waals surface area contributed by atoms with Crippen LogP contribution in [0.2, 0.25) is 0 Å². The molecule has 2 N–H and O–H groups in total. The molecule has 1 aromatic heterocycles. The van der Waals surface area contributed by atoms with E-state index >= 15 is 0 Å². The summed E-state index contributed by atoms with van der Waals surface area (Å²) in [5.41, 5.74) is 5.91. The van der Waals surface area contributed by atoms with E-state index < -0.39 is 17.9 Å². The number of carbonyl (C=O) groups is 2. The van der Waals surface area contributed by atoms with E-state index in [2.05, 4.69) is 15.8 Å². The average molecular weight is 313 g/mol. The van der Waals surface area contributed by atoms with Crippen molar-refractivity contribution in [1.82, 2.24) is 15.8 Å². The second-order valence-corrected chi connectivity index (χ2v) is 4.85. The molecule has 0 radical (unpaired) electrons. The lowest BCUT2D eigenvalue weighted by molar-refractivity contribution is -0.134. The molecule has 0 fully saturated rings. The van der Waals surface area contributed by atoms with Crippen LogP contribution in [-0.4, -0.2) is 22.9 Å². The fourth-order valence-electron chi connectivity index (χ4n) is 1.91. The van der Waals surface area contributed by atoms with Crippen molar-refractivity contribution in [3.8, 4) is 0 Å². The van der Waals surface area contributed by atoms with Crippen LogP contribution in [0.3, 0.4) is 0 Å². The van der Waals surface area contributed by atoms with Crippen molar-refractivity contribution < 1.29 is 14.3 Å². The van der Waals surface area contributed by atoms with Gasteiger partial charge in [-0.05, 0) is 24.1 Å². The van der Waals surface area contributed by atoms with Gasteiger partial charge in [0.2, 0.25) is 0 Å². The Hall–Kier alpha value is -2.73. The third kappa shape index (κ3) is 5.19. The Morgan fingerprint density at radius 3 is 2.48 bits per heavy atom. The van der Waals surface area contributed by atoms with Crippen LogP contribution in [0.1, 0.15) is 29.4 Å². The zero-order valence-electron chi connectivity index (χ0n) is 12.9. The molecule has 1 unspecified atom stereocenters. The van der Waals surface area contributed by atoms with E-state index in [1.54, 1.807) is 18.2 Å². The number of rotatable bonds is 6. The van der Waals surface area contributed by atoms with Crippen molar-refractivity contribution in [3.05, 3.63) is 66.0 Å². The van der Waals surface area contributed by atoms with Gasteiger partial charge in [0.25, 0.3) is 11.8 Å². The Labute approximate surface area is 134 Å². The maximum atomic E-state index is 12.1. The smallest absolute Gasteiger partial charge is 0.288 e. The van der Waals surface area contributed by atoms with Gasteiger partial charge in [-0.1, -0.05) is 43.3 Å². The fraction of sp³-hybridized carbons (Fsp3) is 0.235. The molecule has 6 nitrogen and oxygen atoms in total. The maximum absolute atomic E-state index is 12.1. The van der Waals surface area contributed by atoms with Crippen LogP contribution in [0.4, 0.5) is 0 Å². The Bertz CT molecular complexity index is 632. The average Bonchev–Trinajstić information content (AvgIpc) is 2.61. The lowest BCUT2D eigenvalue weighted by Gasteiger charge is -2.16. The first-order valence-electron chi connectivity index (χ1n) is 7.37. The van der Waals surface area contributed by atoms with E-state index in [9.17, 15) is 9.59 Å². The number of nitrogens with zero attached hydrogens (tertiary/aromatic N) is 1. The molecular formula is C17H19N3O3. The highest BCUT2D eigenvalue weighted by Crippen LogP contribution is 2.06. The molecule has 6 heteroatoms. The number of hydrogen-bond acceptors (Lipinski definition) is 4. The number of hydrogen-bond donors (Lipinski definition) is 2. The SMILES string of the molecule is CCC(OCc1ccccc1)C(=O)NNC(=O)c1ccccn1. The van der Waals surface area contributed by atoms with E-state index in [0.717, 1.165) is 5.56 Å². The molecule has 120 valence electrons. The van der Waals surface area contributed by atoms with Crippen molar-refractivity contribution in [1.29, 1.82) is 0 Å². The minimum atomic E-state index is -0.640. The van der Waals surface area contributed by atoms with E-state index in [1.807, 2.05) is 37.3 Å². The molecule has 0 saturated heterocycles. The van der Waals surface area contributed by atoms with Gasteiger partial charge in [-0.25, -0.2) is 0 Å².